The van der Waals surface area contributed by atoms with Gasteiger partial charge in [0, 0.05) is 12.2 Å². The number of nitrogens with zero attached hydrogens (tertiary/aromatic N) is 1. The molecule has 0 amide bonds. The highest BCUT2D eigenvalue weighted by Crippen LogP contribution is 2.03. The number of aromatic nitrogens is 2. The van der Waals surface area contributed by atoms with E-state index in [0.29, 0.717) is 0 Å². The van der Waals surface area contributed by atoms with Gasteiger partial charge < -0.3 is 10.3 Å². The zero-order valence-electron chi connectivity index (χ0n) is 9.43. The van der Waals surface area contributed by atoms with Gasteiger partial charge in [-0.3, -0.25) is 0 Å². The summed E-state index contributed by atoms with van der Waals surface area (Å²) in [5.74, 6) is 0.809. The summed E-state index contributed by atoms with van der Waals surface area (Å²) in [5.41, 5.74) is 2.30. The molecule has 0 aliphatic carbocycles. The van der Waals surface area contributed by atoms with Crippen LogP contribution in [0.2, 0.25) is 0 Å². The second kappa shape index (κ2) is 5.81. The quantitative estimate of drug-likeness (QED) is 0.683. The lowest BCUT2D eigenvalue weighted by Crippen LogP contribution is -2.16. The SMILES string of the molecule is Cc1[nH]cnc1CNCCCC(C)C. The highest BCUT2D eigenvalue weighted by molar-refractivity contribution is 5.07. The van der Waals surface area contributed by atoms with Crippen molar-refractivity contribution >= 4 is 0 Å². The molecule has 0 fully saturated rings. The van der Waals surface area contributed by atoms with Crippen LogP contribution in [0.1, 0.15) is 38.1 Å². The third-order valence-corrected chi connectivity index (χ3v) is 2.36. The lowest BCUT2D eigenvalue weighted by molar-refractivity contribution is 0.526. The van der Waals surface area contributed by atoms with Gasteiger partial charge in [0.15, 0.2) is 0 Å². The van der Waals surface area contributed by atoms with E-state index in [4.69, 9.17) is 0 Å². The summed E-state index contributed by atoms with van der Waals surface area (Å²) in [6.07, 6.45) is 4.30. The van der Waals surface area contributed by atoms with Crippen LogP contribution in [-0.4, -0.2) is 16.5 Å². The molecule has 0 bridgehead atoms. The summed E-state index contributed by atoms with van der Waals surface area (Å²) in [6, 6.07) is 0. The molecule has 1 rings (SSSR count). The Labute approximate surface area is 86.3 Å². The van der Waals surface area contributed by atoms with Crippen molar-refractivity contribution < 1.29 is 0 Å². The minimum atomic E-state index is 0.809. The normalized spacial score (nSPS) is 11.1. The topological polar surface area (TPSA) is 40.7 Å². The van der Waals surface area contributed by atoms with Gasteiger partial charge >= 0.3 is 0 Å². The maximum Gasteiger partial charge on any atom is 0.0925 e. The first kappa shape index (κ1) is 11.2. The summed E-state index contributed by atoms with van der Waals surface area (Å²) in [4.78, 5) is 7.31. The number of H-pyrrole nitrogens is 1. The van der Waals surface area contributed by atoms with Gasteiger partial charge in [-0.15, -0.1) is 0 Å². The zero-order chi connectivity index (χ0) is 10.4. The number of imidazole rings is 1. The summed E-state index contributed by atoms with van der Waals surface area (Å²) < 4.78 is 0. The smallest absolute Gasteiger partial charge is 0.0925 e. The van der Waals surface area contributed by atoms with Crippen LogP contribution in [0.15, 0.2) is 6.33 Å². The van der Waals surface area contributed by atoms with E-state index >= 15 is 0 Å². The van der Waals surface area contributed by atoms with E-state index in [1.54, 1.807) is 6.33 Å². The fourth-order valence-electron chi connectivity index (χ4n) is 1.41. The summed E-state index contributed by atoms with van der Waals surface area (Å²) in [5, 5.41) is 3.40. The maximum absolute atomic E-state index is 4.23. The highest BCUT2D eigenvalue weighted by atomic mass is 14.9. The van der Waals surface area contributed by atoms with E-state index in [1.165, 1.54) is 18.5 Å². The molecule has 1 aromatic heterocycles. The maximum atomic E-state index is 4.23. The Bertz CT molecular complexity index is 253. The first-order chi connectivity index (χ1) is 6.70. The molecule has 0 saturated carbocycles. The third kappa shape index (κ3) is 3.92. The average molecular weight is 195 g/mol. The summed E-state index contributed by atoms with van der Waals surface area (Å²) >= 11 is 0. The monoisotopic (exact) mass is 195 g/mol. The van der Waals surface area contributed by atoms with Crippen LogP contribution >= 0.6 is 0 Å². The predicted molar refractivity (Wildman–Crippen MR) is 59.1 cm³/mol. The summed E-state index contributed by atoms with van der Waals surface area (Å²) in [6.45, 7) is 8.55. The molecule has 14 heavy (non-hydrogen) atoms. The Kier molecular flexibility index (Phi) is 4.66. The molecule has 0 aliphatic heterocycles. The molecular formula is C11H21N3. The van der Waals surface area contributed by atoms with Crippen LogP contribution in [0.4, 0.5) is 0 Å². The van der Waals surface area contributed by atoms with Crippen molar-refractivity contribution in [2.45, 2.75) is 40.2 Å². The van der Waals surface area contributed by atoms with Crippen molar-refractivity contribution in [1.82, 2.24) is 15.3 Å². The van der Waals surface area contributed by atoms with Gasteiger partial charge in [0.25, 0.3) is 0 Å². The van der Waals surface area contributed by atoms with Gasteiger partial charge in [-0.1, -0.05) is 13.8 Å². The molecule has 0 unspecified atom stereocenters. The van der Waals surface area contributed by atoms with Gasteiger partial charge in [0.1, 0.15) is 0 Å². The van der Waals surface area contributed by atoms with Crippen LogP contribution in [0.5, 0.6) is 0 Å². The Hall–Kier alpha value is -0.830. The molecular weight excluding hydrogens is 174 g/mol. The second-order valence-electron chi connectivity index (χ2n) is 4.19. The number of nitrogens with one attached hydrogen (secondary N) is 2. The fourth-order valence-corrected chi connectivity index (χ4v) is 1.41. The zero-order valence-corrected chi connectivity index (χ0v) is 9.43. The van der Waals surface area contributed by atoms with Gasteiger partial charge in [0.2, 0.25) is 0 Å². The Balaban J connectivity index is 2.08. The largest absolute Gasteiger partial charge is 0.348 e. The number of hydrogen-bond acceptors (Lipinski definition) is 2. The minimum absolute atomic E-state index is 0.809. The first-order valence-corrected chi connectivity index (χ1v) is 5.39. The highest BCUT2D eigenvalue weighted by Gasteiger charge is 1.99. The van der Waals surface area contributed by atoms with Gasteiger partial charge in [-0.05, 0) is 32.2 Å². The van der Waals surface area contributed by atoms with E-state index < -0.39 is 0 Å². The molecule has 1 aromatic rings. The van der Waals surface area contributed by atoms with Crippen molar-refractivity contribution in [3.05, 3.63) is 17.7 Å². The van der Waals surface area contributed by atoms with Crippen molar-refractivity contribution in [3.63, 3.8) is 0 Å². The lowest BCUT2D eigenvalue weighted by atomic mass is 10.1. The fraction of sp³-hybridized carbons (Fsp3) is 0.727. The van der Waals surface area contributed by atoms with E-state index in [2.05, 4.69) is 36.1 Å². The van der Waals surface area contributed by atoms with E-state index in [1.807, 2.05) is 0 Å². The Morgan fingerprint density at radius 1 is 1.50 bits per heavy atom. The van der Waals surface area contributed by atoms with Crippen LogP contribution < -0.4 is 5.32 Å². The van der Waals surface area contributed by atoms with E-state index in [-0.39, 0.29) is 0 Å². The molecule has 0 radical (unpaired) electrons. The number of hydrogen-bond donors (Lipinski definition) is 2. The first-order valence-electron chi connectivity index (χ1n) is 5.39. The van der Waals surface area contributed by atoms with E-state index in [9.17, 15) is 0 Å². The van der Waals surface area contributed by atoms with Crippen molar-refractivity contribution in [3.8, 4) is 0 Å². The molecule has 0 aromatic carbocycles. The van der Waals surface area contributed by atoms with Crippen LogP contribution in [0, 0.1) is 12.8 Å². The van der Waals surface area contributed by atoms with Crippen LogP contribution in [0.3, 0.4) is 0 Å². The molecule has 0 aliphatic rings. The Morgan fingerprint density at radius 2 is 2.29 bits per heavy atom. The number of rotatable bonds is 6. The van der Waals surface area contributed by atoms with E-state index in [0.717, 1.165) is 24.7 Å². The minimum Gasteiger partial charge on any atom is -0.348 e. The molecule has 0 saturated heterocycles. The van der Waals surface area contributed by atoms with Crippen molar-refractivity contribution in [2.24, 2.45) is 5.92 Å². The average Bonchev–Trinajstić information content (AvgIpc) is 2.51. The van der Waals surface area contributed by atoms with Crippen LogP contribution in [-0.2, 0) is 6.54 Å². The standard InChI is InChI=1S/C11H21N3/c1-9(2)5-4-6-12-7-11-10(3)13-8-14-11/h8-9,12H,4-7H2,1-3H3,(H,13,14). The molecule has 1 heterocycles. The second-order valence-corrected chi connectivity index (χ2v) is 4.19. The number of aryl methyl sites for hydroxylation is 1. The van der Waals surface area contributed by atoms with Gasteiger partial charge in [-0.2, -0.15) is 0 Å². The molecule has 3 heteroatoms. The number of aromatic amines is 1. The van der Waals surface area contributed by atoms with Crippen LogP contribution in [0.25, 0.3) is 0 Å². The molecule has 0 atom stereocenters. The van der Waals surface area contributed by atoms with Gasteiger partial charge in [0.05, 0.1) is 12.0 Å². The molecule has 3 nitrogen and oxygen atoms in total. The molecule has 80 valence electrons. The lowest BCUT2D eigenvalue weighted by Gasteiger charge is -2.05. The third-order valence-electron chi connectivity index (χ3n) is 2.36. The molecule has 2 N–H and O–H groups in total. The van der Waals surface area contributed by atoms with Crippen molar-refractivity contribution in [2.75, 3.05) is 6.54 Å². The van der Waals surface area contributed by atoms with Gasteiger partial charge in [-0.25, -0.2) is 4.98 Å². The predicted octanol–water partition coefficient (Wildman–Crippen LogP) is 2.24. The summed E-state index contributed by atoms with van der Waals surface area (Å²) in [7, 11) is 0. The van der Waals surface area contributed by atoms with Crippen molar-refractivity contribution in [1.29, 1.82) is 0 Å². The Morgan fingerprint density at radius 3 is 2.86 bits per heavy atom. The molecule has 0 spiro atoms.